The molecule has 0 saturated heterocycles. The molecular weight excluding hydrogens is 372 g/mol. The van der Waals surface area contributed by atoms with Gasteiger partial charge in [0.1, 0.15) is 0 Å². The maximum absolute atomic E-state index is 12.6. The van der Waals surface area contributed by atoms with Crippen LogP contribution in [0.15, 0.2) is 42.5 Å². The van der Waals surface area contributed by atoms with Gasteiger partial charge in [0.05, 0.1) is 18.1 Å². The van der Waals surface area contributed by atoms with Gasteiger partial charge < -0.3 is 14.4 Å². The summed E-state index contributed by atoms with van der Waals surface area (Å²) >= 11 is 0. The molecule has 152 valence electrons. The number of nitro benzene ring substituents is 1. The summed E-state index contributed by atoms with van der Waals surface area (Å²) in [6.07, 6.45) is 3.80. The molecule has 7 heteroatoms. The molecule has 1 amide bonds. The monoisotopic (exact) mass is 396 g/mol. The van der Waals surface area contributed by atoms with Gasteiger partial charge in [0, 0.05) is 31.3 Å². The van der Waals surface area contributed by atoms with Gasteiger partial charge >= 0.3 is 0 Å². The molecule has 29 heavy (non-hydrogen) atoms. The SMILES string of the molecule is CCOc1cc2c(cc1OCC)CN(C(=O)/C=C/c1cccc([N+](=O)[O-])c1)CC2. The van der Waals surface area contributed by atoms with Crippen molar-refractivity contribution in [2.24, 2.45) is 0 Å². The van der Waals surface area contributed by atoms with Gasteiger partial charge in [-0.25, -0.2) is 0 Å². The molecule has 0 aromatic heterocycles. The summed E-state index contributed by atoms with van der Waals surface area (Å²) in [6.45, 7) is 6.04. The van der Waals surface area contributed by atoms with Crippen LogP contribution >= 0.6 is 0 Å². The van der Waals surface area contributed by atoms with Crippen LogP contribution in [0.3, 0.4) is 0 Å². The second-order valence-corrected chi connectivity index (χ2v) is 6.63. The second-order valence-electron chi connectivity index (χ2n) is 6.63. The summed E-state index contributed by atoms with van der Waals surface area (Å²) in [4.78, 5) is 24.8. The number of nitro groups is 1. The van der Waals surface area contributed by atoms with E-state index in [0.29, 0.717) is 37.6 Å². The lowest BCUT2D eigenvalue weighted by molar-refractivity contribution is -0.384. The number of amides is 1. The van der Waals surface area contributed by atoms with Crippen LogP contribution < -0.4 is 9.47 Å². The Kier molecular flexibility index (Phi) is 6.49. The van der Waals surface area contributed by atoms with Crippen molar-refractivity contribution in [1.82, 2.24) is 4.90 Å². The van der Waals surface area contributed by atoms with Gasteiger partial charge in [-0.1, -0.05) is 12.1 Å². The Morgan fingerprint density at radius 3 is 2.48 bits per heavy atom. The normalized spacial score (nSPS) is 13.2. The topological polar surface area (TPSA) is 81.9 Å². The highest BCUT2D eigenvalue weighted by molar-refractivity contribution is 5.92. The molecule has 0 fully saturated rings. The van der Waals surface area contributed by atoms with E-state index >= 15 is 0 Å². The number of hydrogen-bond donors (Lipinski definition) is 0. The van der Waals surface area contributed by atoms with Crippen molar-refractivity contribution in [3.8, 4) is 11.5 Å². The fraction of sp³-hybridized carbons (Fsp3) is 0.318. The Bertz CT molecular complexity index is 939. The summed E-state index contributed by atoms with van der Waals surface area (Å²) in [6, 6.07) is 10.2. The molecule has 1 aliphatic heterocycles. The molecule has 7 nitrogen and oxygen atoms in total. The van der Waals surface area contributed by atoms with E-state index in [2.05, 4.69) is 0 Å². The molecule has 3 rings (SSSR count). The minimum Gasteiger partial charge on any atom is -0.490 e. The number of hydrogen-bond acceptors (Lipinski definition) is 5. The molecule has 0 spiro atoms. The molecule has 0 radical (unpaired) electrons. The molecule has 2 aromatic carbocycles. The lowest BCUT2D eigenvalue weighted by Gasteiger charge is -2.29. The lowest BCUT2D eigenvalue weighted by atomic mass is 9.98. The van der Waals surface area contributed by atoms with Gasteiger partial charge in [-0.2, -0.15) is 0 Å². The van der Waals surface area contributed by atoms with Crippen molar-refractivity contribution in [3.05, 3.63) is 69.3 Å². The summed E-state index contributed by atoms with van der Waals surface area (Å²) in [7, 11) is 0. The van der Waals surface area contributed by atoms with E-state index in [0.717, 1.165) is 23.3 Å². The average Bonchev–Trinajstić information content (AvgIpc) is 2.72. The third-order valence-electron chi connectivity index (χ3n) is 4.69. The fourth-order valence-corrected chi connectivity index (χ4v) is 3.30. The summed E-state index contributed by atoms with van der Waals surface area (Å²) in [5.41, 5.74) is 2.81. The van der Waals surface area contributed by atoms with Crippen molar-refractivity contribution >= 4 is 17.7 Å². The Morgan fingerprint density at radius 2 is 1.83 bits per heavy atom. The predicted octanol–water partition coefficient (Wildman–Crippen LogP) is 3.99. The molecule has 2 aromatic rings. The fourth-order valence-electron chi connectivity index (χ4n) is 3.30. The zero-order valence-electron chi connectivity index (χ0n) is 16.6. The number of rotatable bonds is 7. The largest absolute Gasteiger partial charge is 0.490 e. The maximum Gasteiger partial charge on any atom is 0.270 e. The minimum atomic E-state index is -0.451. The number of benzene rings is 2. The molecule has 0 saturated carbocycles. The zero-order chi connectivity index (χ0) is 20.8. The van der Waals surface area contributed by atoms with Gasteiger partial charge in [0.2, 0.25) is 5.91 Å². The molecular formula is C22H24N2O5. The predicted molar refractivity (Wildman–Crippen MR) is 110 cm³/mol. The van der Waals surface area contributed by atoms with Crippen molar-refractivity contribution in [3.63, 3.8) is 0 Å². The number of non-ortho nitro benzene ring substituents is 1. The molecule has 0 N–H and O–H groups in total. The number of fused-ring (bicyclic) bond motifs is 1. The maximum atomic E-state index is 12.6. The first-order chi connectivity index (χ1) is 14.0. The van der Waals surface area contributed by atoms with Crippen LogP contribution in [0.4, 0.5) is 5.69 Å². The number of carbonyl (C=O) groups is 1. The van der Waals surface area contributed by atoms with Gasteiger partial charge in [0.15, 0.2) is 11.5 Å². The third kappa shape index (κ3) is 4.93. The van der Waals surface area contributed by atoms with Crippen molar-refractivity contribution in [2.45, 2.75) is 26.8 Å². The van der Waals surface area contributed by atoms with Crippen LogP contribution in [0.1, 0.15) is 30.5 Å². The first-order valence-corrected chi connectivity index (χ1v) is 9.64. The van der Waals surface area contributed by atoms with E-state index in [9.17, 15) is 14.9 Å². The van der Waals surface area contributed by atoms with Crippen molar-refractivity contribution < 1.29 is 19.2 Å². The molecule has 0 atom stereocenters. The average molecular weight is 396 g/mol. The van der Waals surface area contributed by atoms with E-state index in [1.807, 2.05) is 26.0 Å². The molecule has 1 aliphatic rings. The van der Waals surface area contributed by atoms with Crippen LogP contribution in [-0.2, 0) is 17.8 Å². The summed E-state index contributed by atoms with van der Waals surface area (Å²) < 4.78 is 11.4. The molecule has 0 bridgehead atoms. The minimum absolute atomic E-state index is 0.0000507. The van der Waals surface area contributed by atoms with E-state index < -0.39 is 4.92 Å². The van der Waals surface area contributed by atoms with Crippen LogP contribution in [-0.4, -0.2) is 35.5 Å². The Balaban J connectivity index is 1.74. The van der Waals surface area contributed by atoms with E-state index in [1.54, 1.807) is 23.1 Å². The Hall–Kier alpha value is -3.35. The van der Waals surface area contributed by atoms with Gasteiger partial charge in [-0.3, -0.25) is 14.9 Å². The third-order valence-corrected chi connectivity index (χ3v) is 4.69. The van der Waals surface area contributed by atoms with Crippen LogP contribution in [0.5, 0.6) is 11.5 Å². The van der Waals surface area contributed by atoms with Crippen LogP contribution in [0.25, 0.3) is 6.08 Å². The first-order valence-electron chi connectivity index (χ1n) is 9.64. The first kappa shape index (κ1) is 20.4. The highest BCUT2D eigenvalue weighted by Gasteiger charge is 2.22. The second kappa shape index (κ2) is 9.23. The smallest absolute Gasteiger partial charge is 0.270 e. The van der Waals surface area contributed by atoms with Gasteiger partial charge in [0.25, 0.3) is 5.69 Å². The number of carbonyl (C=O) groups excluding carboxylic acids is 1. The van der Waals surface area contributed by atoms with Crippen molar-refractivity contribution in [2.75, 3.05) is 19.8 Å². The Morgan fingerprint density at radius 1 is 1.14 bits per heavy atom. The Labute approximate surface area is 169 Å². The van der Waals surface area contributed by atoms with Crippen LogP contribution in [0.2, 0.25) is 0 Å². The number of ether oxygens (including phenoxy) is 2. The van der Waals surface area contributed by atoms with Gasteiger partial charge in [-0.15, -0.1) is 0 Å². The summed E-state index contributed by atoms with van der Waals surface area (Å²) in [5, 5.41) is 10.9. The van der Waals surface area contributed by atoms with E-state index in [1.165, 1.54) is 18.2 Å². The summed E-state index contributed by atoms with van der Waals surface area (Å²) in [5.74, 6) is 1.29. The zero-order valence-corrected chi connectivity index (χ0v) is 16.6. The quantitative estimate of drug-likeness (QED) is 0.401. The molecule has 1 heterocycles. The van der Waals surface area contributed by atoms with E-state index in [-0.39, 0.29) is 11.6 Å². The lowest BCUT2D eigenvalue weighted by Crippen LogP contribution is -2.34. The molecule has 0 unspecified atom stereocenters. The van der Waals surface area contributed by atoms with E-state index in [4.69, 9.17) is 9.47 Å². The standard InChI is InChI=1S/C22H24N2O5/c1-3-28-20-13-17-10-11-23(15-18(17)14-21(20)29-4-2)22(25)9-8-16-6-5-7-19(12-16)24(26)27/h5-9,12-14H,3-4,10-11,15H2,1-2H3/b9-8+. The van der Waals surface area contributed by atoms with Crippen LogP contribution in [0, 0.1) is 10.1 Å². The highest BCUT2D eigenvalue weighted by Crippen LogP contribution is 2.34. The molecule has 0 aliphatic carbocycles. The van der Waals surface area contributed by atoms with Gasteiger partial charge in [-0.05, 0) is 55.2 Å². The highest BCUT2D eigenvalue weighted by atomic mass is 16.6. The van der Waals surface area contributed by atoms with Crippen molar-refractivity contribution in [1.29, 1.82) is 0 Å². The number of nitrogens with zero attached hydrogens (tertiary/aromatic N) is 2.